The second-order valence-corrected chi connectivity index (χ2v) is 8.94. The standard InChI is InChI=1S/C24H28ClN5O3/c1-15(2)18-7-4-5-8-19(18)21-27-22-20(30(21)14-17-10-9-16(25)13-26-17)23(32)29(11-6-12-31)24(33)28(22)3/h4-5,7-10,13,15,21,27,31H,6,11-12,14H2,1-3H3. The normalized spacial score (nSPS) is 15.1. The lowest BCUT2D eigenvalue weighted by molar-refractivity contribution is 0.277. The van der Waals surface area contributed by atoms with E-state index in [0.29, 0.717) is 29.5 Å². The van der Waals surface area contributed by atoms with Crippen LogP contribution in [0.4, 0.5) is 11.5 Å². The van der Waals surface area contributed by atoms with E-state index in [9.17, 15) is 14.7 Å². The number of halogens is 1. The molecule has 0 bridgehead atoms. The maximum atomic E-state index is 13.5. The average Bonchev–Trinajstić information content (AvgIpc) is 3.18. The van der Waals surface area contributed by atoms with Gasteiger partial charge in [0.1, 0.15) is 17.7 Å². The molecule has 0 fully saturated rings. The smallest absolute Gasteiger partial charge is 0.332 e. The fourth-order valence-electron chi connectivity index (χ4n) is 4.31. The predicted octanol–water partition coefficient (Wildman–Crippen LogP) is 3.23. The molecule has 0 spiro atoms. The van der Waals surface area contributed by atoms with Crippen LogP contribution in [0.25, 0.3) is 0 Å². The van der Waals surface area contributed by atoms with Gasteiger partial charge in [-0.05, 0) is 35.6 Å². The Morgan fingerprint density at radius 1 is 1.18 bits per heavy atom. The summed E-state index contributed by atoms with van der Waals surface area (Å²) in [6.07, 6.45) is 1.54. The van der Waals surface area contributed by atoms with Crippen LogP contribution in [0.15, 0.2) is 52.2 Å². The summed E-state index contributed by atoms with van der Waals surface area (Å²) < 4.78 is 2.66. The molecule has 3 heterocycles. The molecule has 0 amide bonds. The fraction of sp³-hybridized carbons (Fsp3) is 0.375. The van der Waals surface area contributed by atoms with E-state index in [2.05, 4.69) is 30.2 Å². The molecule has 174 valence electrons. The topological polar surface area (TPSA) is 92.4 Å². The first-order valence-electron chi connectivity index (χ1n) is 11.0. The Hall–Kier alpha value is -3.10. The number of benzene rings is 1. The van der Waals surface area contributed by atoms with Gasteiger partial charge in [0.05, 0.1) is 17.3 Å². The highest BCUT2D eigenvalue weighted by molar-refractivity contribution is 6.30. The van der Waals surface area contributed by atoms with Crippen molar-refractivity contribution < 1.29 is 5.11 Å². The SMILES string of the molecule is CC(C)c1ccccc1C1Nc2c(c(=O)n(CCCO)c(=O)n2C)N1Cc1ccc(Cl)cn1. The minimum absolute atomic E-state index is 0.103. The van der Waals surface area contributed by atoms with Crippen molar-refractivity contribution in [3.05, 3.63) is 85.3 Å². The van der Waals surface area contributed by atoms with Crippen LogP contribution >= 0.6 is 11.6 Å². The molecule has 3 aromatic rings. The van der Waals surface area contributed by atoms with Gasteiger partial charge in [0.2, 0.25) is 0 Å². The molecule has 0 aliphatic carbocycles. The van der Waals surface area contributed by atoms with Gasteiger partial charge in [0.25, 0.3) is 5.56 Å². The highest BCUT2D eigenvalue weighted by Crippen LogP contribution is 2.41. The number of hydrogen-bond donors (Lipinski definition) is 2. The number of rotatable bonds is 7. The largest absolute Gasteiger partial charge is 0.396 e. The Morgan fingerprint density at radius 3 is 2.61 bits per heavy atom. The third-order valence-corrected chi connectivity index (χ3v) is 6.19. The van der Waals surface area contributed by atoms with Gasteiger partial charge < -0.3 is 15.3 Å². The Bertz CT molecular complexity index is 1270. The summed E-state index contributed by atoms with van der Waals surface area (Å²) in [5.41, 5.74) is 2.55. The molecule has 4 rings (SSSR count). The van der Waals surface area contributed by atoms with Gasteiger partial charge >= 0.3 is 5.69 Å². The third-order valence-electron chi connectivity index (χ3n) is 5.97. The third kappa shape index (κ3) is 4.28. The van der Waals surface area contributed by atoms with Crippen molar-refractivity contribution in [2.75, 3.05) is 16.8 Å². The average molecular weight is 470 g/mol. The van der Waals surface area contributed by atoms with Crippen LogP contribution < -0.4 is 21.5 Å². The van der Waals surface area contributed by atoms with Gasteiger partial charge in [-0.1, -0.05) is 49.7 Å². The second-order valence-electron chi connectivity index (χ2n) is 8.50. The number of pyridine rings is 1. The number of anilines is 2. The van der Waals surface area contributed by atoms with Gasteiger partial charge in [-0.2, -0.15) is 0 Å². The van der Waals surface area contributed by atoms with Crippen LogP contribution in [-0.2, 0) is 20.1 Å². The number of aliphatic hydroxyl groups is 1. The van der Waals surface area contributed by atoms with Gasteiger partial charge in [0.15, 0.2) is 0 Å². The van der Waals surface area contributed by atoms with E-state index in [1.165, 1.54) is 9.13 Å². The molecule has 0 radical (unpaired) electrons. The first-order valence-corrected chi connectivity index (χ1v) is 11.4. The molecule has 0 saturated heterocycles. The van der Waals surface area contributed by atoms with Crippen LogP contribution in [0, 0.1) is 0 Å². The van der Waals surface area contributed by atoms with Crippen molar-refractivity contribution in [2.24, 2.45) is 7.05 Å². The minimum atomic E-state index is -0.415. The lowest BCUT2D eigenvalue weighted by atomic mass is 9.95. The van der Waals surface area contributed by atoms with E-state index in [4.69, 9.17) is 11.6 Å². The second kappa shape index (κ2) is 9.41. The van der Waals surface area contributed by atoms with Crippen molar-refractivity contribution in [3.63, 3.8) is 0 Å². The molecule has 9 heteroatoms. The van der Waals surface area contributed by atoms with Gasteiger partial charge in [0, 0.05) is 26.4 Å². The van der Waals surface area contributed by atoms with E-state index in [1.54, 1.807) is 19.3 Å². The van der Waals surface area contributed by atoms with Crippen molar-refractivity contribution in [1.82, 2.24) is 14.1 Å². The summed E-state index contributed by atoms with van der Waals surface area (Å²) >= 11 is 6.02. The Morgan fingerprint density at radius 2 is 1.94 bits per heavy atom. The quantitative estimate of drug-likeness (QED) is 0.552. The van der Waals surface area contributed by atoms with E-state index in [0.717, 1.165) is 16.8 Å². The van der Waals surface area contributed by atoms with Crippen LogP contribution in [0.1, 0.15) is 49.2 Å². The number of nitrogens with one attached hydrogen (secondary N) is 1. The molecule has 1 aliphatic heterocycles. The highest BCUT2D eigenvalue weighted by Gasteiger charge is 2.37. The van der Waals surface area contributed by atoms with Crippen molar-refractivity contribution >= 4 is 23.1 Å². The Labute approximate surface area is 197 Å². The van der Waals surface area contributed by atoms with Gasteiger partial charge in [-0.25, -0.2) is 4.79 Å². The maximum Gasteiger partial charge on any atom is 0.332 e. The first-order chi connectivity index (χ1) is 15.8. The zero-order valence-electron chi connectivity index (χ0n) is 19.0. The lowest BCUT2D eigenvalue weighted by Crippen LogP contribution is -2.41. The molecular formula is C24H28ClN5O3. The summed E-state index contributed by atoms with van der Waals surface area (Å²) in [6.45, 7) is 4.65. The molecule has 1 atom stereocenters. The zero-order valence-corrected chi connectivity index (χ0v) is 19.7. The van der Waals surface area contributed by atoms with E-state index in [-0.39, 0.29) is 30.8 Å². The predicted molar refractivity (Wildman–Crippen MR) is 130 cm³/mol. The summed E-state index contributed by atoms with van der Waals surface area (Å²) in [6, 6.07) is 11.7. The van der Waals surface area contributed by atoms with E-state index < -0.39 is 5.69 Å². The van der Waals surface area contributed by atoms with E-state index >= 15 is 0 Å². The molecule has 1 unspecified atom stereocenters. The molecule has 0 saturated carbocycles. The minimum Gasteiger partial charge on any atom is -0.396 e. The summed E-state index contributed by atoms with van der Waals surface area (Å²) in [7, 11) is 1.65. The molecule has 2 N–H and O–H groups in total. The number of aromatic nitrogens is 3. The lowest BCUT2D eigenvalue weighted by Gasteiger charge is -2.28. The maximum absolute atomic E-state index is 13.5. The van der Waals surface area contributed by atoms with Gasteiger partial charge in [-0.3, -0.25) is 18.9 Å². The molecule has 1 aromatic carbocycles. The monoisotopic (exact) mass is 469 g/mol. The first kappa shape index (κ1) is 23.1. The number of fused-ring (bicyclic) bond motifs is 1. The summed E-state index contributed by atoms with van der Waals surface area (Å²) in [4.78, 5) is 32.9. The summed E-state index contributed by atoms with van der Waals surface area (Å²) in [5, 5.41) is 13.2. The molecule has 33 heavy (non-hydrogen) atoms. The van der Waals surface area contributed by atoms with Crippen LogP contribution in [0.3, 0.4) is 0 Å². The molecular weight excluding hydrogens is 442 g/mol. The Balaban J connectivity index is 1.90. The fourth-order valence-corrected chi connectivity index (χ4v) is 4.43. The van der Waals surface area contributed by atoms with Crippen LogP contribution in [0.2, 0.25) is 5.02 Å². The number of hydrogen-bond acceptors (Lipinski definition) is 6. The van der Waals surface area contributed by atoms with Gasteiger partial charge in [-0.15, -0.1) is 0 Å². The number of nitrogens with zero attached hydrogens (tertiary/aromatic N) is 4. The zero-order chi connectivity index (χ0) is 23.7. The Kier molecular flexibility index (Phi) is 6.58. The molecule has 2 aromatic heterocycles. The number of aliphatic hydroxyl groups excluding tert-OH is 1. The highest BCUT2D eigenvalue weighted by atomic mass is 35.5. The van der Waals surface area contributed by atoms with Crippen molar-refractivity contribution in [2.45, 2.75) is 45.4 Å². The van der Waals surface area contributed by atoms with Crippen molar-refractivity contribution in [1.29, 1.82) is 0 Å². The van der Waals surface area contributed by atoms with Crippen LogP contribution in [0.5, 0.6) is 0 Å². The van der Waals surface area contributed by atoms with E-state index in [1.807, 2.05) is 29.2 Å². The molecule has 1 aliphatic rings. The molecule has 8 nitrogen and oxygen atoms in total. The van der Waals surface area contributed by atoms with Crippen molar-refractivity contribution in [3.8, 4) is 0 Å². The van der Waals surface area contributed by atoms with Crippen LogP contribution in [-0.4, -0.2) is 25.8 Å². The summed E-state index contributed by atoms with van der Waals surface area (Å²) in [5.74, 6) is 0.745.